The molecule has 2 aromatic carbocycles. The first-order valence-corrected chi connectivity index (χ1v) is 7.97. The quantitative estimate of drug-likeness (QED) is 0.612. The van der Waals surface area contributed by atoms with Crippen molar-refractivity contribution in [2.24, 2.45) is 0 Å². The van der Waals surface area contributed by atoms with E-state index in [1.165, 1.54) is 6.08 Å². The summed E-state index contributed by atoms with van der Waals surface area (Å²) < 4.78 is 5.95. The summed E-state index contributed by atoms with van der Waals surface area (Å²) in [5.74, 6) is 0.468. The first-order chi connectivity index (χ1) is 11.1. The van der Waals surface area contributed by atoms with E-state index in [0.717, 1.165) is 21.5 Å². The highest BCUT2D eigenvalue weighted by Gasteiger charge is 2.03. The number of halogens is 1. The molecule has 23 heavy (non-hydrogen) atoms. The second-order valence-corrected chi connectivity index (χ2v) is 5.79. The predicted octanol–water partition coefficient (Wildman–Crippen LogP) is 3.98. The van der Waals surface area contributed by atoms with Crippen molar-refractivity contribution in [3.63, 3.8) is 0 Å². The van der Waals surface area contributed by atoms with Crippen LogP contribution in [0, 0.1) is 0 Å². The van der Waals surface area contributed by atoms with Gasteiger partial charge >= 0.3 is 0 Å². The molecule has 0 saturated carbocycles. The monoisotopic (exact) mass is 390 g/mol. The molecule has 0 radical (unpaired) electrons. The average molecular weight is 391 g/mol. The predicted molar refractivity (Wildman–Crippen MR) is 101 cm³/mol. The first kappa shape index (κ1) is 17.2. The molecule has 0 heterocycles. The van der Waals surface area contributed by atoms with E-state index >= 15 is 0 Å². The summed E-state index contributed by atoms with van der Waals surface area (Å²) in [5, 5.41) is 5.79. The van der Waals surface area contributed by atoms with Crippen molar-refractivity contribution in [3.05, 3.63) is 64.6 Å². The smallest absolute Gasteiger partial charge is 0.250 e. The summed E-state index contributed by atoms with van der Waals surface area (Å²) in [6, 6.07) is 14.9. The lowest BCUT2D eigenvalue weighted by Gasteiger charge is -2.09. The first-order valence-electron chi connectivity index (χ1n) is 6.77. The van der Waals surface area contributed by atoms with Gasteiger partial charge in [-0.25, -0.2) is 0 Å². The minimum absolute atomic E-state index is 0.237. The van der Waals surface area contributed by atoms with E-state index in [9.17, 15) is 4.79 Å². The maximum absolute atomic E-state index is 11.9. The minimum atomic E-state index is -0.301. The molecular weight excluding hydrogens is 376 g/mol. The van der Waals surface area contributed by atoms with Gasteiger partial charge in [0.1, 0.15) is 5.75 Å². The third-order valence-corrected chi connectivity index (χ3v) is 3.80. The number of thiocarbonyl (C=S) groups is 1. The number of nitrogens with one attached hydrogen (secondary N) is 2. The Balaban J connectivity index is 1.89. The number of para-hydroxylation sites is 1. The topological polar surface area (TPSA) is 50.4 Å². The maximum Gasteiger partial charge on any atom is 0.250 e. The highest BCUT2D eigenvalue weighted by Crippen LogP contribution is 2.20. The minimum Gasteiger partial charge on any atom is -0.497 e. The summed E-state index contributed by atoms with van der Waals surface area (Å²) in [7, 11) is 1.61. The zero-order valence-corrected chi connectivity index (χ0v) is 14.8. The molecule has 2 rings (SSSR count). The number of anilines is 1. The van der Waals surface area contributed by atoms with Crippen molar-refractivity contribution in [1.82, 2.24) is 5.32 Å². The number of carbonyl (C=O) groups is 1. The molecule has 0 spiro atoms. The summed E-state index contributed by atoms with van der Waals surface area (Å²) in [6.07, 6.45) is 3.13. The third kappa shape index (κ3) is 5.50. The molecule has 4 nitrogen and oxygen atoms in total. The molecule has 2 aromatic rings. The van der Waals surface area contributed by atoms with E-state index in [1.54, 1.807) is 13.2 Å². The summed E-state index contributed by atoms with van der Waals surface area (Å²) >= 11 is 8.53. The van der Waals surface area contributed by atoms with Gasteiger partial charge < -0.3 is 10.1 Å². The molecule has 0 aromatic heterocycles. The van der Waals surface area contributed by atoms with Crippen molar-refractivity contribution in [2.75, 3.05) is 12.4 Å². The van der Waals surface area contributed by atoms with E-state index in [2.05, 4.69) is 26.6 Å². The van der Waals surface area contributed by atoms with Crippen molar-refractivity contribution in [1.29, 1.82) is 0 Å². The SMILES string of the molecule is COc1ccc(C=CC(=O)NC(=S)Nc2ccccc2Br)cc1. The van der Waals surface area contributed by atoms with Crippen LogP contribution in [0.4, 0.5) is 5.69 Å². The van der Waals surface area contributed by atoms with E-state index in [-0.39, 0.29) is 11.0 Å². The van der Waals surface area contributed by atoms with Crippen LogP contribution in [0.5, 0.6) is 5.75 Å². The van der Waals surface area contributed by atoms with Crippen molar-refractivity contribution in [2.45, 2.75) is 0 Å². The molecule has 6 heteroatoms. The number of methoxy groups -OCH3 is 1. The number of hydrogen-bond acceptors (Lipinski definition) is 3. The van der Waals surface area contributed by atoms with Gasteiger partial charge in [0.2, 0.25) is 5.91 Å². The second-order valence-electron chi connectivity index (χ2n) is 4.53. The van der Waals surface area contributed by atoms with Crippen molar-refractivity contribution >= 4 is 50.9 Å². The molecule has 0 fully saturated rings. The molecule has 2 N–H and O–H groups in total. The Morgan fingerprint density at radius 3 is 2.52 bits per heavy atom. The fourth-order valence-corrected chi connectivity index (χ4v) is 2.35. The van der Waals surface area contributed by atoms with Crippen LogP contribution < -0.4 is 15.4 Å². The number of hydrogen-bond donors (Lipinski definition) is 2. The molecule has 1 amide bonds. The van der Waals surface area contributed by atoms with Gasteiger partial charge in [0.05, 0.1) is 12.8 Å². The lowest BCUT2D eigenvalue weighted by Crippen LogP contribution is -2.32. The van der Waals surface area contributed by atoms with Crippen molar-refractivity contribution < 1.29 is 9.53 Å². The lowest BCUT2D eigenvalue weighted by atomic mass is 10.2. The van der Waals surface area contributed by atoms with E-state index in [0.29, 0.717) is 0 Å². The van der Waals surface area contributed by atoms with Crippen LogP contribution in [-0.2, 0) is 4.79 Å². The van der Waals surface area contributed by atoms with Gasteiger partial charge in [0.25, 0.3) is 0 Å². The molecule has 0 unspecified atom stereocenters. The summed E-state index contributed by atoms with van der Waals surface area (Å²) in [6.45, 7) is 0. The summed E-state index contributed by atoms with van der Waals surface area (Å²) in [4.78, 5) is 11.9. The maximum atomic E-state index is 11.9. The van der Waals surface area contributed by atoms with Gasteiger partial charge in [0.15, 0.2) is 5.11 Å². The fourth-order valence-electron chi connectivity index (χ4n) is 1.76. The highest BCUT2D eigenvalue weighted by atomic mass is 79.9. The van der Waals surface area contributed by atoms with Crippen LogP contribution in [0.1, 0.15) is 5.56 Å². The van der Waals surface area contributed by atoms with Crippen LogP contribution in [0.15, 0.2) is 59.1 Å². The summed E-state index contributed by atoms with van der Waals surface area (Å²) in [5.41, 5.74) is 1.68. The van der Waals surface area contributed by atoms with Crippen molar-refractivity contribution in [3.8, 4) is 5.75 Å². The normalized spacial score (nSPS) is 10.3. The number of rotatable bonds is 4. The number of benzene rings is 2. The lowest BCUT2D eigenvalue weighted by molar-refractivity contribution is -0.115. The fraction of sp³-hybridized carbons (Fsp3) is 0.0588. The number of ether oxygens (including phenoxy) is 1. The van der Waals surface area contributed by atoms with Crippen LogP contribution in [0.2, 0.25) is 0 Å². The molecule has 0 bridgehead atoms. The largest absolute Gasteiger partial charge is 0.497 e. The van der Waals surface area contributed by atoms with E-state index in [1.807, 2.05) is 48.5 Å². The van der Waals surface area contributed by atoms with Crippen LogP contribution in [0.3, 0.4) is 0 Å². The van der Waals surface area contributed by atoms with E-state index in [4.69, 9.17) is 17.0 Å². The van der Waals surface area contributed by atoms with Gasteiger partial charge in [-0.1, -0.05) is 24.3 Å². The zero-order valence-electron chi connectivity index (χ0n) is 12.4. The van der Waals surface area contributed by atoms with Gasteiger partial charge in [-0.3, -0.25) is 10.1 Å². The molecule has 0 saturated heterocycles. The second kappa shape index (κ2) is 8.45. The Bertz CT molecular complexity index is 730. The molecule has 0 aliphatic carbocycles. The van der Waals surface area contributed by atoms with Gasteiger partial charge in [-0.05, 0) is 64.1 Å². The van der Waals surface area contributed by atoms with Gasteiger partial charge in [0, 0.05) is 10.5 Å². The molecule has 0 aliphatic heterocycles. The number of carbonyl (C=O) groups excluding carboxylic acids is 1. The standard InChI is InChI=1S/C17H15BrN2O2S/c1-22-13-9-6-12(7-10-13)8-11-16(21)20-17(23)19-15-5-3-2-4-14(15)18/h2-11H,1H3,(H2,19,20,21,23). The number of amides is 1. The Kier molecular flexibility index (Phi) is 6.31. The molecular formula is C17H15BrN2O2S. The molecule has 118 valence electrons. The Morgan fingerprint density at radius 1 is 1.17 bits per heavy atom. The van der Waals surface area contributed by atoms with Gasteiger partial charge in [-0.2, -0.15) is 0 Å². The Morgan fingerprint density at radius 2 is 1.87 bits per heavy atom. The van der Waals surface area contributed by atoms with E-state index < -0.39 is 0 Å². The highest BCUT2D eigenvalue weighted by molar-refractivity contribution is 9.10. The van der Waals surface area contributed by atoms with Crippen LogP contribution in [-0.4, -0.2) is 18.1 Å². The molecule has 0 aliphatic rings. The molecule has 0 atom stereocenters. The van der Waals surface area contributed by atoms with Crippen LogP contribution in [0.25, 0.3) is 6.08 Å². The van der Waals surface area contributed by atoms with Gasteiger partial charge in [-0.15, -0.1) is 0 Å². The Labute approximate surface area is 148 Å². The zero-order chi connectivity index (χ0) is 16.7. The third-order valence-electron chi connectivity index (χ3n) is 2.90. The average Bonchev–Trinajstić information content (AvgIpc) is 2.55. The van der Waals surface area contributed by atoms with Crippen LogP contribution >= 0.6 is 28.1 Å². The Hall–Kier alpha value is -2.18.